The van der Waals surface area contributed by atoms with Gasteiger partial charge in [-0.25, -0.2) is 9.37 Å². The van der Waals surface area contributed by atoms with Gasteiger partial charge in [-0.2, -0.15) is 22.8 Å². The van der Waals surface area contributed by atoms with E-state index in [0.29, 0.717) is 23.6 Å². The van der Waals surface area contributed by atoms with Crippen LogP contribution in [0.4, 0.5) is 17.6 Å². The number of methoxy groups -OCH3 is 1. The predicted molar refractivity (Wildman–Crippen MR) is 146 cm³/mol. The van der Waals surface area contributed by atoms with Gasteiger partial charge < -0.3 is 18.9 Å². The molecule has 0 unspecified atom stereocenters. The minimum Gasteiger partial charge on any atom is -0.476 e. The molecule has 2 aromatic heterocycles. The van der Waals surface area contributed by atoms with Gasteiger partial charge >= 0.3 is 18.2 Å². The van der Waals surface area contributed by atoms with Crippen molar-refractivity contribution in [2.75, 3.05) is 26.9 Å². The first-order chi connectivity index (χ1) is 19.2. The van der Waals surface area contributed by atoms with Gasteiger partial charge in [0, 0.05) is 33.2 Å². The van der Waals surface area contributed by atoms with Crippen LogP contribution >= 0.6 is 0 Å². The summed E-state index contributed by atoms with van der Waals surface area (Å²) in [5.74, 6) is -0.951. The summed E-state index contributed by atoms with van der Waals surface area (Å²) in [4.78, 5) is 20.1. The van der Waals surface area contributed by atoms with Crippen LogP contribution in [-0.4, -0.2) is 67.6 Å². The van der Waals surface area contributed by atoms with E-state index in [1.54, 1.807) is 32.9 Å². The SMILES string of the molecule is COC(=O)C(C)(C)COc1cc(C)c(-c2ccc(-c3nc(OCC(F)(F)F)n(COCC[SiH](C)C)n3)c(F)c2)cn1. The highest BCUT2D eigenvalue weighted by Gasteiger charge is 2.31. The van der Waals surface area contributed by atoms with Crippen molar-refractivity contribution in [2.45, 2.75) is 52.8 Å². The van der Waals surface area contributed by atoms with Crippen LogP contribution in [0, 0.1) is 18.2 Å². The standard InChI is InChI=1S/C27H34F4N4O5Si/c1-17-11-22(39-14-26(2,3)24(36)37-4)32-13-20(17)18-7-8-19(21(28)12-18)23-33-25(40-15-27(29,30)31)35(34-23)16-38-9-10-41(5)6/h7-8,11-13,41H,9-10,14-16H2,1-6H3. The number of carbonyl (C=O) groups excluding carboxylic acids is 1. The van der Waals surface area contributed by atoms with E-state index in [4.69, 9.17) is 18.9 Å². The number of hydrogen-bond donors (Lipinski definition) is 0. The van der Waals surface area contributed by atoms with Crippen LogP contribution in [-0.2, 0) is 21.0 Å². The second-order valence-electron chi connectivity index (χ2n) is 10.5. The number of benzene rings is 1. The highest BCUT2D eigenvalue weighted by Crippen LogP contribution is 2.31. The average molecular weight is 599 g/mol. The number of alkyl halides is 3. The van der Waals surface area contributed by atoms with Crippen LogP contribution in [0.3, 0.4) is 0 Å². The summed E-state index contributed by atoms with van der Waals surface area (Å²) in [6.45, 7) is 8.19. The maximum absolute atomic E-state index is 15.3. The lowest BCUT2D eigenvalue weighted by Crippen LogP contribution is -2.32. The lowest BCUT2D eigenvalue weighted by Gasteiger charge is -2.21. The molecule has 0 bridgehead atoms. The maximum Gasteiger partial charge on any atom is 0.422 e. The third kappa shape index (κ3) is 8.98. The van der Waals surface area contributed by atoms with Crippen LogP contribution in [0.1, 0.15) is 19.4 Å². The number of pyridine rings is 1. The van der Waals surface area contributed by atoms with Crippen LogP contribution < -0.4 is 9.47 Å². The van der Waals surface area contributed by atoms with Crippen molar-refractivity contribution in [1.29, 1.82) is 0 Å². The first-order valence-electron chi connectivity index (χ1n) is 12.9. The molecule has 41 heavy (non-hydrogen) atoms. The van der Waals surface area contributed by atoms with Crippen LogP contribution in [0.25, 0.3) is 22.5 Å². The van der Waals surface area contributed by atoms with Gasteiger partial charge in [0.05, 0.1) is 18.1 Å². The largest absolute Gasteiger partial charge is 0.476 e. The van der Waals surface area contributed by atoms with Gasteiger partial charge in [0.2, 0.25) is 5.88 Å². The molecule has 0 saturated carbocycles. The Balaban J connectivity index is 1.80. The lowest BCUT2D eigenvalue weighted by molar-refractivity contribution is -0.155. The van der Waals surface area contributed by atoms with Crippen molar-refractivity contribution in [3.05, 3.63) is 41.8 Å². The summed E-state index contributed by atoms with van der Waals surface area (Å²) in [6.07, 6.45) is -3.06. The summed E-state index contributed by atoms with van der Waals surface area (Å²) in [5.41, 5.74) is 0.985. The highest BCUT2D eigenvalue weighted by molar-refractivity contribution is 6.55. The molecule has 0 aliphatic heterocycles. The summed E-state index contributed by atoms with van der Waals surface area (Å²) >= 11 is 0. The number of rotatable bonds is 13. The van der Waals surface area contributed by atoms with E-state index in [1.807, 2.05) is 0 Å². The number of hydrogen-bond acceptors (Lipinski definition) is 8. The molecule has 0 spiro atoms. The molecule has 0 radical (unpaired) electrons. The number of carbonyl (C=O) groups is 1. The number of halogens is 4. The lowest BCUT2D eigenvalue weighted by atomic mass is 9.95. The Kier molecular flexibility index (Phi) is 10.5. The smallest absolute Gasteiger partial charge is 0.422 e. The molecular weight excluding hydrogens is 564 g/mol. The van der Waals surface area contributed by atoms with Gasteiger partial charge in [-0.15, -0.1) is 5.10 Å². The van der Waals surface area contributed by atoms with Crippen LogP contribution in [0.15, 0.2) is 30.5 Å². The van der Waals surface area contributed by atoms with Gasteiger partial charge in [0.25, 0.3) is 0 Å². The molecule has 0 amide bonds. The second-order valence-corrected chi connectivity index (χ2v) is 13.9. The summed E-state index contributed by atoms with van der Waals surface area (Å²) in [6, 6.07) is 6.46. The maximum atomic E-state index is 15.3. The predicted octanol–water partition coefficient (Wildman–Crippen LogP) is 5.43. The molecule has 0 saturated heterocycles. The van der Waals surface area contributed by atoms with Crippen molar-refractivity contribution in [2.24, 2.45) is 5.41 Å². The Morgan fingerprint density at radius 2 is 1.80 bits per heavy atom. The van der Waals surface area contributed by atoms with Gasteiger partial charge in [-0.05, 0) is 50.1 Å². The fraction of sp³-hybridized carbons (Fsp3) is 0.481. The van der Waals surface area contributed by atoms with Crippen molar-refractivity contribution >= 4 is 14.8 Å². The van der Waals surface area contributed by atoms with Crippen molar-refractivity contribution in [3.63, 3.8) is 0 Å². The van der Waals surface area contributed by atoms with Gasteiger partial charge in [-0.1, -0.05) is 19.2 Å². The van der Waals surface area contributed by atoms with Crippen molar-refractivity contribution < 1.29 is 41.3 Å². The highest BCUT2D eigenvalue weighted by atomic mass is 28.3. The van der Waals surface area contributed by atoms with E-state index >= 15 is 4.39 Å². The van der Waals surface area contributed by atoms with E-state index in [2.05, 4.69) is 28.2 Å². The Morgan fingerprint density at radius 3 is 2.41 bits per heavy atom. The quantitative estimate of drug-likeness (QED) is 0.111. The molecule has 0 aliphatic rings. The number of aryl methyl sites for hydroxylation is 1. The molecule has 0 aliphatic carbocycles. The van der Waals surface area contributed by atoms with E-state index in [1.165, 1.54) is 25.4 Å². The zero-order valence-corrected chi connectivity index (χ0v) is 25.0. The molecule has 14 heteroatoms. The third-order valence-corrected chi connectivity index (χ3v) is 7.37. The summed E-state index contributed by atoms with van der Waals surface area (Å²) < 4.78 is 75.4. The fourth-order valence-electron chi connectivity index (χ4n) is 3.61. The molecule has 3 aromatic rings. The van der Waals surface area contributed by atoms with E-state index in [-0.39, 0.29) is 24.7 Å². The molecule has 0 fully saturated rings. The molecule has 9 nitrogen and oxygen atoms in total. The Hall–Kier alpha value is -3.52. The monoisotopic (exact) mass is 598 g/mol. The zero-order chi connectivity index (χ0) is 30.4. The minimum absolute atomic E-state index is 0.0189. The molecule has 0 atom stereocenters. The van der Waals surface area contributed by atoms with E-state index in [0.717, 1.165) is 16.3 Å². The average Bonchev–Trinajstić information content (AvgIpc) is 3.30. The number of esters is 1. The van der Waals surface area contributed by atoms with Gasteiger partial charge in [-0.3, -0.25) is 4.79 Å². The Labute approximate surface area is 237 Å². The first-order valence-corrected chi connectivity index (χ1v) is 16.0. The second kappa shape index (κ2) is 13.4. The van der Waals surface area contributed by atoms with E-state index in [9.17, 15) is 18.0 Å². The molecule has 3 rings (SSSR count). The normalized spacial score (nSPS) is 12.1. The Morgan fingerprint density at radius 1 is 1.07 bits per heavy atom. The minimum atomic E-state index is -4.59. The number of nitrogens with zero attached hydrogens (tertiary/aromatic N) is 4. The van der Waals surface area contributed by atoms with Crippen LogP contribution in [0.5, 0.6) is 11.9 Å². The Bertz CT molecular complexity index is 1350. The van der Waals surface area contributed by atoms with Gasteiger partial charge in [0.15, 0.2) is 12.4 Å². The summed E-state index contributed by atoms with van der Waals surface area (Å²) in [7, 11) is 0.427. The van der Waals surface area contributed by atoms with Crippen molar-refractivity contribution in [1.82, 2.24) is 19.7 Å². The molecule has 224 valence electrons. The molecule has 2 heterocycles. The topological polar surface area (TPSA) is 97.6 Å². The number of aromatic nitrogens is 4. The zero-order valence-electron chi connectivity index (χ0n) is 23.8. The molecular formula is C27H34F4N4O5Si. The van der Waals surface area contributed by atoms with Crippen molar-refractivity contribution in [3.8, 4) is 34.4 Å². The fourth-order valence-corrected chi connectivity index (χ4v) is 4.25. The van der Waals surface area contributed by atoms with Crippen LogP contribution in [0.2, 0.25) is 19.1 Å². The van der Waals surface area contributed by atoms with E-state index < -0.39 is 44.8 Å². The molecule has 1 aromatic carbocycles. The number of ether oxygens (including phenoxy) is 4. The summed E-state index contributed by atoms with van der Waals surface area (Å²) in [5, 5.41) is 4.15. The third-order valence-electron chi connectivity index (χ3n) is 5.98. The first kappa shape index (κ1) is 32.0. The van der Waals surface area contributed by atoms with Gasteiger partial charge in [0.1, 0.15) is 19.2 Å². The molecule has 0 N–H and O–H groups in total.